The van der Waals surface area contributed by atoms with Crippen molar-refractivity contribution in [2.75, 3.05) is 6.61 Å². The highest BCUT2D eigenvalue weighted by Crippen LogP contribution is 2.48. The molecule has 0 spiro atoms. The van der Waals surface area contributed by atoms with Crippen molar-refractivity contribution < 1.29 is 14.6 Å². The molecule has 0 aromatic heterocycles. The third kappa shape index (κ3) is 2.73. The SMILES string of the molecule is CC(C)(C)OC(=O)N[C@H]1[C@@H]2CC[C@@H](C2)[C@H]1CO. The molecule has 2 fully saturated rings. The van der Waals surface area contributed by atoms with Crippen LogP contribution in [0.15, 0.2) is 0 Å². The van der Waals surface area contributed by atoms with Crippen LogP contribution in [0.2, 0.25) is 0 Å². The molecule has 17 heavy (non-hydrogen) atoms. The second-order valence-electron chi connectivity index (χ2n) is 6.35. The number of alkyl carbamates (subject to hydrolysis) is 1. The standard InChI is InChI=1S/C13H23NO3/c1-13(2,3)17-12(16)14-11-9-5-4-8(6-9)10(11)7-15/h8-11,15H,4-7H2,1-3H3,(H,14,16)/t8-,9+,10+,11-/m0/s1. The van der Waals surface area contributed by atoms with Gasteiger partial charge in [-0.2, -0.15) is 0 Å². The quantitative estimate of drug-likeness (QED) is 0.776. The fourth-order valence-electron chi connectivity index (χ4n) is 3.34. The first-order valence-corrected chi connectivity index (χ1v) is 6.51. The molecule has 2 aliphatic rings. The van der Waals surface area contributed by atoms with Gasteiger partial charge in [0.25, 0.3) is 0 Å². The van der Waals surface area contributed by atoms with Gasteiger partial charge in [0.1, 0.15) is 5.60 Å². The fraction of sp³-hybridized carbons (Fsp3) is 0.923. The number of hydrogen-bond acceptors (Lipinski definition) is 3. The summed E-state index contributed by atoms with van der Waals surface area (Å²) in [4.78, 5) is 11.7. The van der Waals surface area contributed by atoms with Crippen LogP contribution < -0.4 is 5.32 Å². The molecule has 0 heterocycles. The number of carbonyl (C=O) groups excluding carboxylic acids is 1. The van der Waals surface area contributed by atoms with Gasteiger partial charge in [-0.05, 0) is 51.9 Å². The molecule has 0 unspecified atom stereocenters. The minimum absolute atomic E-state index is 0.105. The van der Waals surface area contributed by atoms with Crippen LogP contribution in [0.25, 0.3) is 0 Å². The minimum atomic E-state index is -0.462. The van der Waals surface area contributed by atoms with Crippen LogP contribution in [0.5, 0.6) is 0 Å². The van der Waals surface area contributed by atoms with E-state index in [0.717, 1.165) is 6.42 Å². The van der Waals surface area contributed by atoms with Gasteiger partial charge >= 0.3 is 6.09 Å². The number of aliphatic hydroxyl groups is 1. The van der Waals surface area contributed by atoms with Crippen LogP contribution >= 0.6 is 0 Å². The Morgan fingerprint density at radius 1 is 1.35 bits per heavy atom. The highest BCUT2D eigenvalue weighted by Gasteiger charge is 2.48. The minimum Gasteiger partial charge on any atom is -0.444 e. The lowest BCUT2D eigenvalue weighted by Gasteiger charge is -2.31. The van der Waals surface area contributed by atoms with E-state index in [4.69, 9.17) is 4.74 Å². The molecule has 2 aliphatic carbocycles. The summed E-state index contributed by atoms with van der Waals surface area (Å²) < 4.78 is 5.27. The van der Waals surface area contributed by atoms with Crippen molar-refractivity contribution in [1.82, 2.24) is 5.32 Å². The third-order valence-electron chi connectivity index (χ3n) is 3.98. The average Bonchev–Trinajstić information content (AvgIpc) is 2.74. The summed E-state index contributed by atoms with van der Waals surface area (Å²) in [6.45, 7) is 5.74. The van der Waals surface area contributed by atoms with Gasteiger partial charge in [-0.3, -0.25) is 0 Å². The Morgan fingerprint density at radius 3 is 2.59 bits per heavy atom. The first-order valence-electron chi connectivity index (χ1n) is 6.51. The lowest BCUT2D eigenvalue weighted by molar-refractivity contribution is 0.0437. The van der Waals surface area contributed by atoms with Crippen LogP contribution in [-0.4, -0.2) is 29.4 Å². The van der Waals surface area contributed by atoms with Crippen molar-refractivity contribution in [2.45, 2.75) is 51.7 Å². The van der Waals surface area contributed by atoms with Crippen molar-refractivity contribution in [3.63, 3.8) is 0 Å². The van der Waals surface area contributed by atoms with Crippen molar-refractivity contribution in [3.8, 4) is 0 Å². The molecular weight excluding hydrogens is 218 g/mol. The predicted molar refractivity (Wildman–Crippen MR) is 64.6 cm³/mol. The highest BCUT2D eigenvalue weighted by atomic mass is 16.6. The van der Waals surface area contributed by atoms with E-state index < -0.39 is 5.60 Å². The van der Waals surface area contributed by atoms with Crippen LogP contribution in [0.3, 0.4) is 0 Å². The van der Waals surface area contributed by atoms with Gasteiger partial charge in [0.15, 0.2) is 0 Å². The molecule has 1 amide bonds. The monoisotopic (exact) mass is 241 g/mol. The van der Waals surface area contributed by atoms with Crippen molar-refractivity contribution in [2.24, 2.45) is 17.8 Å². The zero-order valence-electron chi connectivity index (χ0n) is 10.9. The molecular formula is C13H23NO3. The molecule has 2 saturated carbocycles. The Morgan fingerprint density at radius 2 is 2.00 bits per heavy atom. The molecule has 2 bridgehead atoms. The van der Waals surface area contributed by atoms with Crippen molar-refractivity contribution in [3.05, 3.63) is 0 Å². The summed E-state index contributed by atoms with van der Waals surface area (Å²) in [5.41, 5.74) is -0.462. The number of aliphatic hydroxyl groups excluding tert-OH is 1. The Balaban J connectivity index is 1.92. The second-order valence-corrected chi connectivity index (χ2v) is 6.35. The fourth-order valence-corrected chi connectivity index (χ4v) is 3.34. The molecule has 0 saturated heterocycles. The third-order valence-corrected chi connectivity index (χ3v) is 3.98. The highest BCUT2D eigenvalue weighted by molar-refractivity contribution is 5.68. The summed E-state index contributed by atoms with van der Waals surface area (Å²) in [6.07, 6.45) is 3.16. The predicted octanol–water partition coefficient (Wildman–Crippen LogP) is 1.92. The molecule has 0 aromatic rings. The van der Waals surface area contributed by atoms with Gasteiger partial charge in [0.05, 0.1) is 0 Å². The van der Waals surface area contributed by atoms with E-state index in [1.54, 1.807) is 0 Å². The van der Waals surface area contributed by atoms with E-state index in [1.165, 1.54) is 12.8 Å². The maximum absolute atomic E-state index is 11.7. The van der Waals surface area contributed by atoms with Crippen molar-refractivity contribution in [1.29, 1.82) is 0 Å². The van der Waals surface area contributed by atoms with E-state index >= 15 is 0 Å². The van der Waals surface area contributed by atoms with E-state index in [9.17, 15) is 9.90 Å². The van der Waals surface area contributed by atoms with Gasteiger partial charge in [-0.15, -0.1) is 0 Å². The van der Waals surface area contributed by atoms with Gasteiger partial charge in [0, 0.05) is 18.6 Å². The van der Waals surface area contributed by atoms with E-state index in [-0.39, 0.29) is 24.7 Å². The van der Waals surface area contributed by atoms with Crippen LogP contribution in [-0.2, 0) is 4.74 Å². The van der Waals surface area contributed by atoms with Crippen molar-refractivity contribution >= 4 is 6.09 Å². The van der Waals surface area contributed by atoms with Gasteiger partial charge in [-0.25, -0.2) is 4.79 Å². The smallest absolute Gasteiger partial charge is 0.407 e. The molecule has 0 aliphatic heterocycles. The van der Waals surface area contributed by atoms with E-state index in [0.29, 0.717) is 11.8 Å². The number of rotatable bonds is 2. The van der Waals surface area contributed by atoms with Crippen LogP contribution in [0.1, 0.15) is 40.0 Å². The lowest BCUT2D eigenvalue weighted by Crippen LogP contribution is -2.47. The summed E-state index contributed by atoms with van der Waals surface area (Å²) in [5, 5.41) is 12.4. The number of hydrogen-bond donors (Lipinski definition) is 2. The molecule has 2 rings (SSSR count). The first kappa shape index (κ1) is 12.7. The summed E-state index contributed by atoms with van der Waals surface area (Å²) >= 11 is 0. The second kappa shape index (κ2) is 4.48. The summed E-state index contributed by atoms with van der Waals surface area (Å²) in [6, 6.07) is 0.105. The normalized spacial score (nSPS) is 36.0. The Kier molecular flexibility index (Phi) is 3.34. The number of amides is 1. The number of fused-ring (bicyclic) bond motifs is 2. The molecule has 4 nitrogen and oxygen atoms in total. The van der Waals surface area contributed by atoms with Gasteiger partial charge in [-0.1, -0.05) is 0 Å². The Labute approximate surface area is 103 Å². The Bertz CT molecular complexity index is 298. The maximum atomic E-state index is 11.7. The molecule has 2 N–H and O–H groups in total. The topological polar surface area (TPSA) is 58.6 Å². The number of nitrogens with one attached hydrogen (secondary N) is 1. The first-order chi connectivity index (χ1) is 7.90. The molecule has 98 valence electrons. The number of ether oxygens (including phenoxy) is 1. The van der Waals surface area contributed by atoms with Gasteiger partial charge < -0.3 is 15.2 Å². The maximum Gasteiger partial charge on any atom is 0.407 e. The molecule has 4 heteroatoms. The lowest BCUT2D eigenvalue weighted by atomic mass is 9.85. The zero-order chi connectivity index (χ0) is 12.6. The molecule has 4 atom stereocenters. The van der Waals surface area contributed by atoms with E-state index in [2.05, 4.69) is 5.32 Å². The van der Waals surface area contributed by atoms with Gasteiger partial charge in [0.2, 0.25) is 0 Å². The average molecular weight is 241 g/mol. The number of carbonyl (C=O) groups is 1. The van der Waals surface area contributed by atoms with E-state index in [1.807, 2.05) is 20.8 Å². The Hall–Kier alpha value is -0.770. The zero-order valence-corrected chi connectivity index (χ0v) is 10.9. The molecule has 0 radical (unpaired) electrons. The van der Waals surface area contributed by atoms with Crippen LogP contribution in [0.4, 0.5) is 4.79 Å². The van der Waals surface area contributed by atoms with Crippen LogP contribution in [0, 0.1) is 17.8 Å². The summed E-state index contributed by atoms with van der Waals surface area (Å²) in [7, 11) is 0. The molecule has 0 aromatic carbocycles. The summed E-state index contributed by atoms with van der Waals surface area (Å²) in [5.74, 6) is 1.34. The largest absolute Gasteiger partial charge is 0.444 e.